The van der Waals surface area contributed by atoms with Crippen LogP contribution in [0.15, 0.2) is 68.3 Å². The van der Waals surface area contributed by atoms with Crippen LogP contribution in [0.25, 0.3) is 11.0 Å². The molecule has 0 aliphatic rings. The Morgan fingerprint density at radius 3 is 2.47 bits per heavy atom. The van der Waals surface area contributed by atoms with E-state index >= 15 is 0 Å². The first kappa shape index (κ1) is 19.8. The third kappa shape index (κ3) is 3.97. The number of rotatable bonds is 6. The molecule has 0 aliphatic heterocycles. The van der Waals surface area contributed by atoms with Gasteiger partial charge in [0, 0.05) is 5.39 Å². The topological polar surface area (TPSA) is 115 Å². The molecule has 0 atom stereocenters. The van der Waals surface area contributed by atoms with Crippen molar-refractivity contribution < 1.29 is 22.0 Å². The maximum atomic E-state index is 12.3. The van der Waals surface area contributed by atoms with Crippen molar-refractivity contribution in [3.05, 3.63) is 71.8 Å². The maximum absolute atomic E-state index is 12.3. The second-order valence-electron chi connectivity index (χ2n) is 7.02. The first-order valence-corrected chi connectivity index (χ1v) is 10.8. The minimum Gasteiger partial charge on any atom is -0.451 e. The first-order chi connectivity index (χ1) is 14.3. The van der Waals surface area contributed by atoms with Gasteiger partial charge in [0.2, 0.25) is 5.89 Å². The van der Waals surface area contributed by atoms with Crippen molar-refractivity contribution in [3.8, 4) is 0 Å². The lowest BCUT2D eigenvalue weighted by Crippen LogP contribution is -2.13. The van der Waals surface area contributed by atoms with E-state index in [0.717, 1.165) is 10.9 Å². The monoisotopic (exact) mass is 425 g/mol. The molecule has 2 aromatic carbocycles. The highest BCUT2D eigenvalue weighted by atomic mass is 32.2. The van der Waals surface area contributed by atoms with E-state index in [2.05, 4.69) is 15.5 Å². The maximum Gasteiger partial charge on any atom is 0.322 e. The number of fused-ring (bicyclic) bond motifs is 1. The second-order valence-corrected chi connectivity index (χ2v) is 9.52. The fraction of sp³-hybridized carbons (Fsp3) is 0.190. The lowest BCUT2D eigenvalue weighted by Gasteiger charge is -2.08. The molecule has 0 aliphatic carbocycles. The lowest BCUT2D eigenvalue weighted by molar-refractivity contribution is 0.0995. The Morgan fingerprint density at radius 1 is 1.03 bits per heavy atom. The van der Waals surface area contributed by atoms with Crippen molar-refractivity contribution in [1.82, 2.24) is 10.2 Å². The molecule has 30 heavy (non-hydrogen) atoms. The van der Waals surface area contributed by atoms with E-state index in [4.69, 9.17) is 8.83 Å². The molecule has 2 aromatic heterocycles. The number of carbonyl (C=O) groups excluding carboxylic acids is 1. The zero-order valence-corrected chi connectivity index (χ0v) is 17.1. The second kappa shape index (κ2) is 7.75. The summed E-state index contributed by atoms with van der Waals surface area (Å²) < 4.78 is 35.4. The standard InChI is InChI=1S/C21H19N3O5S/c1-13(2)30(26,27)16-9-7-14(8-10-16)11-19-23-24-21(29-19)22-20(25)18-12-15-5-3-4-6-17(15)28-18/h3-10,12-13H,11H2,1-2H3,(H,22,24,25). The van der Waals surface area contributed by atoms with E-state index < -0.39 is 21.0 Å². The Balaban J connectivity index is 1.43. The lowest BCUT2D eigenvalue weighted by atomic mass is 10.1. The quantitative estimate of drug-likeness (QED) is 0.499. The van der Waals surface area contributed by atoms with E-state index in [9.17, 15) is 13.2 Å². The minimum atomic E-state index is -3.32. The van der Waals surface area contributed by atoms with E-state index in [1.165, 1.54) is 0 Å². The van der Waals surface area contributed by atoms with Crippen molar-refractivity contribution in [3.63, 3.8) is 0 Å². The van der Waals surface area contributed by atoms with Crippen LogP contribution in [0.4, 0.5) is 6.01 Å². The largest absolute Gasteiger partial charge is 0.451 e. The molecule has 0 saturated carbocycles. The van der Waals surface area contributed by atoms with Gasteiger partial charge in [0.25, 0.3) is 5.91 Å². The molecule has 8 nitrogen and oxygen atoms in total. The predicted octanol–water partition coefficient (Wildman–Crippen LogP) is 3.84. The van der Waals surface area contributed by atoms with Crippen molar-refractivity contribution in [1.29, 1.82) is 0 Å². The van der Waals surface area contributed by atoms with E-state index in [1.807, 2.05) is 18.2 Å². The SMILES string of the molecule is CC(C)S(=O)(=O)c1ccc(Cc2nnc(NC(=O)c3cc4ccccc4o3)o2)cc1. The van der Waals surface area contributed by atoms with Crippen LogP contribution in [0.3, 0.4) is 0 Å². The van der Waals surface area contributed by atoms with Gasteiger partial charge in [-0.25, -0.2) is 8.42 Å². The number of anilines is 1. The van der Waals surface area contributed by atoms with E-state index in [1.54, 1.807) is 50.2 Å². The summed E-state index contributed by atoms with van der Waals surface area (Å²) in [6.45, 7) is 3.28. The van der Waals surface area contributed by atoms with Crippen LogP contribution in [-0.2, 0) is 16.3 Å². The molecule has 154 valence electrons. The molecule has 9 heteroatoms. The average molecular weight is 425 g/mol. The number of para-hydroxylation sites is 1. The number of hydrogen-bond acceptors (Lipinski definition) is 7. The number of hydrogen-bond donors (Lipinski definition) is 1. The average Bonchev–Trinajstić information content (AvgIpc) is 3.35. The number of sulfone groups is 1. The Hall–Kier alpha value is -3.46. The summed E-state index contributed by atoms with van der Waals surface area (Å²) in [5, 5.41) is 10.6. The number of amides is 1. The molecule has 0 radical (unpaired) electrons. The summed E-state index contributed by atoms with van der Waals surface area (Å²) in [4.78, 5) is 12.6. The normalized spacial score (nSPS) is 11.8. The highest BCUT2D eigenvalue weighted by molar-refractivity contribution is 7.92. The highest BCUT2D eigenvalue weighted by Gasteiger charge is 2.19. The molecule has 0 saturated heterocycles. The molecule has 0 fully saturated rings. The van der Waals surface area contributed by atoms with Gasteiger partial charge in [-0.2, -0.15) is 0 Å². The van der Waals surface area contributed by atoms with Crippen LogP contribution in [-0.4, -0.2) is 29.8 Å². The molecule has 4 rings (SSSR count). The van der Waals surface area contributed by atoms with E-state index in [0.29, 0.717) is 12.0 Å². The van der Waals surface area contributed by atoms with Gasteiger partial charge in [-0.1, -0.05) is 35.4 Å². The molecule has 1 amide bonds. The van der Waals surface area contributed by atoms with Crippen molar-refractivity contribution in [2.75, 3.05) is 5.32 Å². The number of nitrogens with zero attached hydrogens (tertiary/aromatic N) is 2. The van der Waals surface area contributed by atoms with Gasteiger partial charge in [0.15, 0.2) is 15.6 Å². The van der Waals surface area contributed by atoms with Crippen LogP contribution in [0, 0.1) is 0 Å². The summed E-state index contributed by atoms with van der Waals surface area (Å²) in [6, 6.07) is 15.4. The number of benzene rings is 2. The van der Waals surface area contributed by atoms with Gasteiger partial charge >= 0.3 is 6.01 Å². The first-order valence-electron chi connectivity index (χ1n) is 9.28. The minimum absolute atomic E-state index is 0.0468. The number of nitrogens with one attached hydrogen (secondary N) is 1. The Morgan fingerprint density at radius 2 is 1.77 bits per heavy atom. The number of aromatic nitrogens is 2. The predicted molar refractivity (Wildman–Crippen MR) is 110 cm³/mol. The van der Waals surface area contributed by atoms with Gasteiger partial charge < -0.3 is 8.83 Å². The van der Waals surface area contributed by atoms with Crippen molar-refractivity contribution in [2.24, 2.45) is 0 Å². The smallest absolute Gasteiger partial charge is 0.322 e. The van der Waals surface area contributed by atoms with Gasteiger partial charge in [-0.3, -0.25) is 10.1 Å². The van der Waals surface area contributed by atoms with Gasteiger partial charge in [0.1, 0.15) is 5.58 Å². The third-order valence-electron chi connectivity index (χ3n) is 4.56. The van der Waals surface area contributed by atoms with Crippen molar-refractivity contribution in [2.45, 2.75) is 30.4 Å². The van der Waals surface area contributed by atoms with Crippen LogP contribution in [0.1, 0.15) is 35.9 Å². The molecule has 2 heterocycles. The number of carbonyl (C=O) groups is 1. The fourth-order valence-corrected chi connectivity index (χ4v) is 3.93. The van der Waals surface area contributed by atoms with Crippen LogP contribution in [0.5, 0.6) is 0 Å². The summed E-state index contributed by atoms with van der Waals surface area (Å²) in [7, 11) is -3.32. The van der Waals surface area contributed by atoms with Gasteiger partial charge in [0.05, 0.1) is 16.6 Å². The third-order valence-corrected chi connectivity index (χ3v) is 6.73. The fourth-order valence-electron chi connectivity index (χ4n) is 2.87. The number of furan rings is 1. The van der Waals surface area contributed by atoms with Crippen molar-refractivity contribution >= 4 is 32.7 Å². The molecule has 4 aromatic rings. The summed E-state index contributed by atoms with van der Waals surface area (Å²) in [5.41, 5.74) is 1.41. The Labute approximate surface area is 172 Å². The Bertz CT molecular complexity index is 1270. The summed E-state index contributed by atoms with van der Waals surface area (Å²) in [5.74, 6) is -0.0723. The van der Waals surface area contributed by atoms with Crippen LogP contribution >= 0.6 is 0 Å². The molecule has 0 spiro atoms. The van der Waals surface area contributed by atoms with E-state index in [-0.39, 0.29) is 22.6 Å². The van der Waals surface area contributed by atoms with Crippen LogP contribution in [0.2, 0.25) is 0 Å². The molecular weight excluding hydrogens is 406 g/mol. The molecule has 0 unspecified atom stereocenters. The highest BCUT2D eigenvalue weighted by Crippen LogP contribution is 2.21. The molecule has 1 N–H and O–H groups in total. The summed E-state index contributed by atoms with van der Waals surface area (Å²) >= 11 is 0. The zero-order valence-electron chi connectivity index (χ0n) is 16.3. The molecule has 0 bridgehead atoms. The zero-order chi connectivity index (χ0) is 21.3. The van der Waals surface area contributed by atoms with Gasteiger partial charge in [-0.15, -0.1) is 5.10 Å². The van der Waals surface area contributed by atoms with Gasteiger partial charge in [-0.05, 0) is 43.7 Å². The Kier molecular flexibility index (Phi) is 5.13. The van der Waals surface area contributed by atoms with Crippen LogP contribution < -0.4 is 5.32 Å². The molecular formula is C21H19N3O5S. The summed E-state index contributed by atoms with van der Waals surface area (Å²) in [6.07, 6.45) is 0.301.